The van der Waals surface area contributed by atoms with Gasteiger partial charge in [-0.2, -0.15) is 0 Å². The number of nitrogens with zero attached hydrogens (tertiary/aromatic N) is 1. The summed E-state index contributed by atoms with van der Waals surface area (Å²) in [4.78, 5) is 12.5. The standard InChI is InChI=1S/C15H31N3O3.C4H10/c1-14(2)17-15-3-6-18(7-4-15)8-10-21-12-11-20-9-5-16-13-19;1-4(2)3/h13-15,17H,3-12H2,1-2H3,(H,16,19);4H,1-3H3. The lowest BCUT2D eigenvalue weighted by Gasteiger charge is -2.33. The Labute approximate surface area is 155 Å². The van der Waals surface area contributed by atoms with Crippen molar-refractivity contribution in [3.63, 3.8) is 0 Å². The van der Waals surface area contributed by atoms with Crippen LogP contribution in [-0.2, 0) is 14.3 Å². The number of hydrogen-bond acceptors (Lipinski definition) is 5. The van der Waals surface area contributed by atoms with E-state index in [4.69, 9.17) is 9.47 Å². The molecular weight excluding hydrogens is 318 g/mol. The van der Waals surface area contributed by atoms with Crippen molar-refractivity contribution in [2.45, 2.75) is 59.5 Å². The molecule has 1 amide bonds. The third-order valence-electron chi connectivity index (χ3n) is 3.55. The van der Waals surface area contributed by atoms with Crippen molar-refractivity contribution in [1.29, 1.82) is 0 Å². The topological polar surface area (TPSA) is 62.8 Å². The number of amides is 1. The second-order valence-electron chi connectivity index (χ2n) is 7.47. The summed E-state index contributed by atoms with van der Waals surface area (Å²) >= 11 is 0. The fourth-order valence-corrected chi connectivity index (χ4v) is 2.50. The van der Waals surface area contributed by atoms with E-state index in [-0.39, 0.29) is 0 Å². The minimum absolute atomic E-state index is 0.540. The van der Waals surface area contributed by atoms with Crippen LogP contribution < -0.4 is 10.6 Å². The minimum Gasteiger partial charge on any atom is -0.378 e. The molecule has 1 saturated heterocycles. The first-order chi connectivity index (χ1) is 12.0. The molecule has 0 spiro atoms. The summed E-state index contributed by atoms with van der Waals surface area (Å²) in [5, 5.41) is 6.16. The van der Waals surface area contributed by atoms with Gasteiger partial charge in [0.05, 0.1) is 26.4 Å². The summed E-state index contributed by atoms with van der Waals surface area (Å²) in [6.07, 6.45) is 3.13. The highest BCUT2D eigenvalue weighted by molar-refractivity contribution is 5.45. The molecule has 6 nitrogen and oxygen atoms in total. The average molecular weight is 360 g/mol. The Morgan fingerprint density at radius 1 is 1.00 bits per heavy atom. The normalized spacial score (nSPS) is 16.0. The molecule has 6 heteroatoms. The lowest BCUT2D eigenvalue weighted by molar-refractivity contribution is -0.109. The Kier molecular flexibility index (Phi) is 16.3. The SMILES string of the molecule is CC(C)C.CC(C)NC1CCN(CCOCCOCCNC=O)CC1. The molecule has 1 heterocycles. The number of rotatable bonds is 12. The van der Waals surface area contributed by atoms with E-state index in [0.29, 0.717) is 44.9 Å². The molecule has 0 aromatic heterocycles. The van der Waals surface area contributed by atoms with Crippen LogP contribution in [-0.4, -0.2) is 76.0 Å². The summed E-state index contributed by atoms with van der Waals surface area (Å²) in [6, 6.07) is 1.25. The van der Waals surface area contributed by atoms with E-state index in [1.54, 1.807) is 0 Å². The van der Waals surface area contributed by atoms with Crippen molar-refractivity contribution in [1.82, 2.24) is 15.5 Å². The smallest absolute Gasteiger partial charge is 0.207 e. The molecule has 0 aromatic carbocycles. The third kappa shape index (κ3) is 17.9. The first kappa shape index (κ1) is 24.3. The molecule has 1 fully saturated rings. The second-order valence-corrected chi connectivity index (χ2v) is 7.47. The van der Waals surface area contributed by atoms with Gasteiger partial charge in [-0.3, -0.25) is 4.79 Å². The van der Waals surface area contributed by atoms with Gasteiger partial charge in [-0.15, -0.1) is 0 Å². The maximum absolute atomic E-state index is 10.0. The van der Waals surface area contributed by atoms with Gasteiger partial charge in [0, 0.05) is 25.2 Å². The van der Waals surface area contributed by atoms with Gasteiger partial charge in [-0.05, 0) is 31.8 Å². The van der Waals surface area contributed by atoms with Crippen LogP contribution in [0, 0.1) is 5.92 Å². The van der Waals surface area contributed by atoms with Crippen LogP contribution in [0.25, 0.3) is 0 Å². The highest BCUT2D eigenvalue weighted by Gasteiger charge is 2.18. The predicted octanol–water partition coefficient (Wildman–Crippen LogP) is 1.89. The van der Waals surface area contributed by atoms with E-state index in [1.807, 2.05) is 0 Å². The van der Waals surface area contributed by atoms with Crippen molar-refractivity contribution in [2.75, 3.05) is 52.6 Å². The van der Waals surface area contributed by atoms with Gasteiger partial charge in [0.2, 0.25) is 6.41 Å². The van der Waals surface area contributed by atoms with E-state index in [1.165, 1.54) is 12.8 Å². The van der Waals surface area contributed by atoms with Crippen LogP contribution >= 0.6 is 0 Å². The highest BCUT2D eigenvalue weighted by Crippen LogP contribution is 2.10. The highest BCUT2D eigenvalue weighted by atomic mass is 16.5. The van der Waals surface area contributed by atoms with Crippen molar-refractivity contribution in [3.8, 4) is 0 Å². The molecule has 1 aliphatic rings. The fourth-order valence-electron chi connectivity index (χ4n) is 2.50. The van der Waals surface area contributed by atoms with E-state index in [9.17, 15) is 4.79 Å². The van der Waals surface area contributed by atoms with Crippen LogP contribution in [0.1, 0.15) is 47.5 Å². The molecule has 1 aliphatic heterocycles. The van der Waals surface area contributed by atoms with Gasteiger partial charge in [0.15, 0.2) is 0 Å². The first-order valence-electron chi connectivity index (χ1n) is 9.76. The van der Waals surface area contributed by atoms with E-state index >= 15 is 0 Å². The number of piperidine rings is 1. The van der Waals surface area contributed by atoms with E-state index < -0.39 is 0 Å². The van der Waals surface area contributed by atoms with Gasteiger partial charge in [0.1, 0.15) is 0 Å². The number of carbonyl (C=O) groups is 1. The molecule has 0 unspecified atom stereocenters. The fraction of sp³-hybridized carbons (Fsp3) is 0.947. The number of ether oxygens (including phenoxy) is 2. The van der Waals surface area contributed by atoms with Crippen LogP contribution in [0.15, 0.2) is 0 Å². The summed E-state index contributed by atoms with van der Waals surface area (Å²) in [5.41, 5.74) is 0. The van der Waals surface area contributed by atoms with Crippen LogP contribution in [0.5, 0.6) is 0 Å². The van der Waals surface area contributed by atoms with Gasteiger partial charge < -0.3 is 25.0 Å². The predicted molar refractivity (Wildman–Crippen MR) is 104 cm³/mol. The molecule has 25 heavy (non-hydrogen) atoms. The van der Waals surface area contributed by atoms with Gasteiger partial charge in [-0.1, -0.05) is 34.6 Å². The largest absolute Gasteiger partial charge is 0.378 e. The molecule has 0 saturated carbocycles. The van der Waals surface area contributed by atoms with Gasteiger partial charge in [0.25, 0.3) is 0 Å². The van der Waals surface area contributed by atoms with Crippen LogP contribution in [0.2, 0.25) is 0 Å². The number of nitrogens with one attached hydrogen (secondary N) is 2. The molecular formula is C19H41N3O3. The second kappa shape index (κ2) is 16.8. The Bertz CT molecular complexity index is 291. The number of likely N-dealkylation sites (tertiary alicyclic amines) is 1. The maximum Gasteiger partial charge on any atom is 0.207 e. The molecule has 0 radical (unpaired) electrons. The van der Waals surface area contributed by atoms with Crippen molar-refractivity contribution in [3.05, 3.63) is 0 Å². The monoisotopic (exact) mass is 359 g/mol. The Balaban J connectivity index is 0.00000129. The Morgan fingerprint density at radius 3 is 2.08 bits per heavy atom. The Hall–Kier alpha value is -0.690. The molecule has 0 aromatic rings. The van der Waals surface area contributed by atoms with Gasteiger partial charge in [-0.25, -0.2) is 0 Å². The minimum atomic E-state index is 0.540. The average Bonchev–Trinajstić information content (AvgIpc) is 2.54. The molecule has 150 valence electrons. The summed E-state index contributed by atoms with van der Waals surface area (Å²) in [5.74, 6) is 0.833. The summed E-state index contributed by atoms with van der Waals surface area (Å²) in [6.45, 7) is 17.3. The Morgan fingerprint density at radius 2 is 1.56 bits per heavy atom. The molecule has 0 aliphatic carbocycles. The number of hydrogen-bond donors (Lipinski definition) is 2. The number of carbonyl (C=O) groups excluding carboxylic acids is 1. The first-order valence-corrected chi connectivity index (χ1v) is 9.76. The van der Waals surface area contributed by atoms with Crippen molar-refractivity contribution < 1.29 is 14.3 Å². The van der Waals surface area contributed by atoms with E-state index in [0.717, 1.165) is 32.2 Å². The quantitative estimate of drug-likeness (QED) is 0.412. The summed E-state index contributed by atoms with van der Waals surface area (Å²) in [7, 11) is 0. The lowest BCUT2D eigenvalue weighted by Crippen LogP contribution is -2.45. The van der Waals surface area contributed by atoms with Crippen LogP contribution in [0.3, 0.4) is 0 Å². The zero-order chi connectivity index (χ0) is 18.9. The van der Waals surface area contributed by atoms with Gasteiger partial charge >= 0.3 is 0 Å². The van der Waals surface area contributed by atoms with E-state index in [2.05, 4.69) is 50.2 Å². The molecule has 0 atom stereocenters. The van der Waals surface area contributed by atoms with Crippen molar-refractivity contribution in [2.24, 2.45) is 5.92 Å². The molecule has 0 bridgehead atoms. The molecule has 2 N–H and O–H groups in total. The van der Waals surface area contributed by atoms with Crippen LogP contribution in [0.4, 0.5) is 0 Å². The third-order valence-corrected chi connectivity index (χ3v) is 3.55. The molecule has 1 rings (SSSR count). The van der Waals surface area contributed by atoms with Crippen molar-refractivity contribution >= 4 is 6.41 Å². The lowest BCUT2D eigenvalue weighted by atomic mass is 10.0. The zero-order valence-corrected chi connectivity index (χ0v) is 17.1. The maximum atomic E-state index is 10.0. The zero-order valence-electron chi connectivity index (χ0n) is 17.1. The summed E-state index contributed by atoms with van der Waals surface area (Å²) < 4.78 is 10.9.